The van der Waals surface area contributed by atoms with E-state index in [1.54, 1.807) is 12.1 Å². The van der Waals surface area contributed by atoms with Crippen molar-refractivity contribution in [2.75, 3.05) is 6.54 Å². The lowest BCUT2D eigenvalue weighted by Crippen LogP contribution is -2.24. The van der Waals surface area contributed by atoms with Gasteiger partial charge in [0.25, 0.3) is 5.91 Å². The Morgan fingerprint density at radius 1 is 1.44 bits per heavy atom. The van der Waals surface area contributed by atoms with Gasteiger partial charge in [0, 0.05) is 11.0 Å². The van der Waals surface area contributed by atoms with Crippen molar-refractivity contribution in [1.82, 2.24) is 5.32 Å². The number of halogens is 2. The minimum absolute atomic E-state index is 0.109. The van der Waals surface area contributed by atoms with Crippen LogP contribution < -0.4 is 5.32 Å². The smallest absolute Gasteiger partial charge is 0.252 e. The zero-order valence-corrected chi connectivity index (χ0v) is 11.6. The van der Waals surface area contributed by atoms with E-state index in [1.807, 2.05) is 6.07 Å². The summed E-state index contributed by atoms with van der Waals surface area (Å²) in [6.07, 6.45) is 3.29. The van der Waals surface area contributed by atoms with Crippen LogP contribution >= 0.6 is 27.5 Å². The number of nitrogens with one attached hydrogen (secondary N) is 1. The summed E-state index contributed by atoms with van der Waals surface area (Å²) >= 11 is 9.27. The molecule has 0 aliphatic heterocycles. The quantitative estimate of drug-likeness (QED) is 0.818. The molecule has 0 unspecified atom stereocenters. The van der Waals surface area contributed by atoms with Gasteiger partial charge in [-0.05, 0) is 24.6 Å². The highest BCUT2D eigenvalue weighted by Gasteiger charge is 2.09. The number of benzene rings is 1. The summed E-state index contributed by atoms with van der Waals surface area (Å²) in [4.78, 5) is 11.8. The average molecular weight is 305 g/mol. The van der Waals surface area contributed by atoms with Gasteiger partial charge in [-0.2, -0.15) is 0 Å². The second kappa shape index (κ2) is 6.92. The molecule has 1 rings (SSSR count). The lowest BCUT2D eigenvalue weighted by atomic mass is 10.2. The van der Waals surface area contributed by atoms with E-state index in [4.69, 9.17) is 11.6 Å². The molecule has 1 aromatic rings. The minimum atomic E-state index is -0.109. The van der Waals surface area contributed by atoms with E-state index in [-0.39, 0.29) is 5.91 Å². The number of carbonyl (C=O) groups is 1. The molecule has 0 fully saturated rings. The predicted molar refractivity (Wildman–Crippen MR) is 71.0 cm³/mol. The highest BCUT2D eigenvalue weighted by molar-refractivity contribution is 9.10. The van der Waals surface area contributed by atoms with Crippen LogP contribution in [0.1, 0.15) is 36.5 Å². The van der Waals surface area contributed by atoms with Crippen LogP contribution in [0.5, 0.6) is 0 Å². The van der Waals surface area contributed by atoms with Gasteiger partial charge in [0.1, 0.15) is 0 Å². The average Bonchev–Trinajstić information content (AvgIpc) is 2.27. The molecule has 0 aromatic heterocycles. The summed E-state index contributed by atoms with van der Waals surface area (Å²) in [5.74, 6) is -0.109. The molecule has 16 heavy (non-hydrogen) atoms. The lowest BCUT2D eigenvalue weighted by molar-refractivity contribution is 0.0953. The van der Waals surface area contributed by atoms with Crippen molar-refractivity contribution in [2.24, 2.45) is 0 Å². The molecule has 0 aliphatic rings. The number of carbonyl (C=O) groups excluding carboxylic acids is 1. The first-order valence-corrected chi connectivity index (χ1v) is 6.55. The van der Waals surface area contributed by atoms with Gasteiger partial charge in [0.05, 0.1) is 10.6 Å². The van der Waals surface area contributed by atoms with E-state index >= 15 is 0 Å². The van der Waals surface area contributed by atoms with Gasteiger partial charge >= 0.3 is 0 Å². The third-order valence-corrected chi connectivity index (χ3v) is 3.06. The molecule has 2 nitrogen and oxygen atoms in total. The van der Waals surface area contributed by atoms with Crippen LogP contribution in [0.25, 0.3) is 0 Å². The van der Waals surface area contributed by atoms with Crippen LogP contribution in [0.4, 0.5) is 0 Å². The zero-order valence-electron chi connectivity index (χ0n) is 9.22. The summed E-state index contributed by atoms with van der Waals surface area (Å²) in [5, 5.41) is 3.34. The maximum atomic E-state index is 11.8. The molecule has 0 aliphatic carbocycles. The van der Waals surface area contributed by atoms with Crippen molar-refractivity contribution in [3.05, 3.63) is 33.3 Å². The summed E-state index contributed by atoms with van der Waals surface area (Å²) in [6, 6.07) is 5.26. The van der Waals surface area contributed by atoms with Crippen LogP contribution in [0.3, 0.4) is 0 Å². The van der Waals surface area contributed by atoms with E-state index in [0.29, 0.717) is 17.1 Å². The molecule has 0 spiro atoms. The molecular weight excluding hydrogens is 289 g/mol. The fraction of sp³-hybridized carbons (Fsp3) is 0.417. The fourth-order valence-electron chi connectivity index (χ4n) is 1.34. The maximum Gasteiger partial charge on any atom is 0.252 e. The second-order valence-corrected chi connectivity index (χ2v) is 4.91. The number of hydrogen-bond acceptors (Lipinski definition) is 1. The summed E-state index contributed by atoms with van der Waals surface area (Å²) in [5.41, 5.74) is 0.521. The molecule has 0 bridgehead atoms. The molecule has 1 aromatic carbocycles. The fourth-order valence-corrected chi connectivity index (χ4v) is 1.91. The molecule has 0 saturated heterocycles. The molecule has 0 heterocycles. The molecule has 0 saturated carbocycles. The van der Waals surface area contributed by atoms with Crippen LogP contribution in [0.2, 0.25) is 5.02 Å². The summed E-state index contributed by atoms with van der Waals surface area (Å²) in [6.45, 7) is 2.84. The topological polar surface area (TPSA) is 29.1 Å². The Labute approximate surface area is 110 Å². The largest absolute Gasteiger partial charge is 0.352 e. The Morgan fingerprint density at radius 2 is 2.19 bits per heavy atom. The lowest BCUT2D eigenvalue weighted by Gasteiger charge is -2.06. The van der Waals surface area contributed by atoms with Gasteiger partial charge in [-0.25, -0.2) is 0 Å². The third kappa shape index (κ3) is 4.14. The van der Waals surface area contributed by atoms with Gasteiger partial charge in [0.15, 0.2) is 0 Å². The van der Waals surface area contributed by atoms with Crippen LogP contribution in [0.15, 0.2) is 22.7 Å². The van der Waals surface area contributed by atoms with E-state index in [0.717, 1.165) is 23.7 Å². The molecule has 1 amide bonds. The first-order valence-electron chi connectivity index (χ1n) is 5.38. The van der Waals surface area contributed by atoms with E-state index in [1.165, 1.54) is 0 Å². The molecular formula is C12H15BrClNO. The van der Waals surface area contributed by atoms with Crippen molar-refractivity contribution >= 4 is 33.4 Å². The minimum Gasteiger partial charge on any atom is -0.352 e. The number of amides is 1. The predicted octanol–water partition coefficient (Wildman–Crippen LogP) is 4.02. The Bertz CT molecular complexity index is 368. The van der Waals surface area contributed by atoms with Crippen molar-refractivity contribution in [3.8, 4) is 0 Å². The summed E-state index contributed by atoms with van der Waals surface area (Å²) in [7, 11) is 0. The second-order valence-electron chi connectivity index (χ2n) is 3.59. The SMILES string of the molecule is CCCCCNC(=O)c1cc(Br)ccc1Cl. The standard InChI is InChI=1S/C12H15BrClNO/c1-2-3-4-7-15-12(16)10-8-9(13)5-6-11(10)14/h5-6,8H,2-4,7H2,1H3,(H,15,16). The van der Waals surface area contributed by atoms with E-state index in [9.17, 15) is 4.79 Å². The Hall–Kier alpha value is -0.540. The molecule has 4 heteroatoms. The van der Waals surface area contributed by atoms with Gasteiger partial charge in [-0.3, -0.25) is 4.79 Å². The number of rotatable bonds is 5. The van der Waals surface area contributed by atoms with Crippen LogP contribution in [-0.2, 0) is 0 Å². The van der Waals surface area contributed by atoms with Gasteiger partial charge in [-0.15, -0.1) is 0 Å². The van der Waals surface area contributed by atoms with Crippen molar-refractivity contribution < 1.29 is 4.79 Å². The maximum absolute atomic E-state index is 11.8. The Kier molecular flexibility index (Phi) is 5.85. The third-order valence-electron chi connectivity index (χ3n) is 2.24. The normalized spacial score (nSPS) is 10.2. The Balaban J connectivity index is 2.55. The van der Waals surface area contributed by atoms with Gasteiger partial charge < -0.3 is 5.32 Å². The van der Waals surface area contributed by atoms with E-state index < -0.39 is 0 Å². The van der Waals surface area contributed by atoms with E-state index in [2.05, 4.69) is 28.2 Å². The van der Waals surface area contributed by atoms with Crippen LogP contribution in [-0.4, -0.2) is 12.5 Å². The van der Waals surface area contributed by atoms with Gasteiger partial charge in [-0.1, -0.05) is 47.3 Å². The molecule has 0 radical (unpaired) electrons. The highest BCUT2D eigenvalue weighted by atomic mass is 79.9. The Morgan fingerprint density at radius 3 is 2.88 bits per heavy atom. The molecule has 0 atom stereocenters. The first-order chi connectivity index (χ1) is 7.65. The highest BCUT2D eigenvalue weighted by Crippen LogP contribution is 2.20. The van der Waals surface area contributed by atoms with Crippen molar-refractivity contribution in [3.63, 3.8) is 0 Å². The van der Waals surface area contributed by atoms with Crippen molar-refractivity contribution in [2.45, 2.75) is 26.2 Å². The number of hydrogen-bond donors (Lipinski definition) is 1. The summed E-state index contributed by atoms with van der Waals surface area (Å²) < 4.78 is 0.857. The zero-order chi connectivity index (χ0) is 12.0. The number of unbranched alkanes of at least 4 members (excludes halogenated alkanes) is 2. The first kappa shape index (κ1) is 13.5. The molecule has 88 valence electrons. The monoisotopic (exact) mass is 303 g/mol. The van der Waals surface area contributed by atoms with Gasteiger partial charge in [0.2, 0.25) is 0 Å². The van der Waals surface area contributed by atoms with Crippen molar-refractivity contribution in [1.29, 1.82) is 0 Å². The molecule has 1 N–H and O–H groups in total. The van der Waals surface area contributed by atoms with Crippen LogP contribution in [0, 0.1) is 0 Å².